The van der Waals surface area contributed by atoms with Crippen LogP contribution in [-0.2, 0) is 5.41 Å². The van der Waals surface area contributed by atoms with Crippen molar-refractivity contribution in [2.75, 3.05) is 6.61 Å². The summed E-state index contributed by atoms with van der Waals surface area (Å²) in [6, 6.07) is 1.80. The molecule has 3 nitrogen and oxygen atoms in total. The summed E-state index contributed by atoms with van der Waals surface area (Å²) in [5.41, 5.74) is -0.0648. The number of thiophene rings is 1. The highest BCUT2D eigenvalue weighted by Crippen LogP contribution is 2.36. The zero-order valence-electron chi connectivity index (χ0n) is 9.74. The maximum atomic E-state index is 11.0. The Kier molecular flexibility index (Phi) is 3.75. The lowest BCUT2D eigenvalue weighted by Crippen LogP contribution is -2.08. The van der Waals surface area contributed by atoms with Gasteiger partial charge in [-0.15, -0.1) is 11.3 Å². The molecule has 0 radical (unpaired) electrons. The molecule has 0 saturated heterocycles. The molecule has 1 heterocycles. The minimum atomic E-state index is -0.945. The maximum Gasteiger partial charge on any atom is 0.349 e. The summed E-state index contributed by atoms with van der Waals surface area (Å²) in [4.78, 5) is 12.3. The molecular weight excluding hydrogens is 224 g/mol. The third kappa shape index (κ3) is 2.85. The summed E-state index contributed by atoms with van der Waals surface area (Å²) >= 11 is 1.27. The molecule has 1 aromatic heterocycles. The Morgan fingerprint density at radius 1 is 1.62 bits per heavy atom. The van der Waals surface area contributed by atoms with E-state index in [1.54, 1.807) is 12.1 Å². The predicted octanol–water partition coefficient (Wildman–Crippen LogP) is 3.31. The molecule has 0 atom stereocenters. The molecule has 0 aromatic carbocycles. The number of carboxylic acids is 1. The van der Waals surface area contributed by atoms with E-state index in [0.717, 1.165) is 4.88 Å². The van der Waals surface area contributed by atoms with Crippen LogP contribution in [0.1, 0.15) is 35.3 Å². The Hall–Kier alpha value is -1.29. The molecule has 1 rings (SSSR count). The SMILES string of the molecule is C=CCOc1cc(C(C)(C)C)sc1C(=O)O. The van der Waals surface area contributed by atoms with E-state index in [-0.39, 0.29) is 10.3 Å². The minimum Gasteiger partial charge on any atom is -0.488 e. The molecule has 0 amide bonds. The Bertz CT molecular complexity index is 399. The zero-order chi connectivity index (χ0) is 12.3. The number of hydrogen-bond donors (Lipinski definition) is 1. The van der Waals surface area contributed by atoms with E-state index in [0.29, 0.717) is 12.4 Å². The van der Waals surface area contributed by atoms with Crippen LogP contribution in [0.3, 0.4) is 0 Å². The first-order valence-corrected chi connectivity index (χ1v) is 5.79. The van der Waals surface area contributed by atoms with Crippen LogP contribution in [0, 0.1) is 0 Å². The summed E-state index contributed by atoms with van der Waals surface area (Å²) in [6.07, 6.45) is 1.60. The second-order valence-electron chi connectivity index (χ2n) is 4.46. The van der Waals surface area contributed by atoms with Gasteiger partial charge in [0, 0.05) is 4.88 Å². The molecule has 0 bridgehead atoms. The predicted molar refractivity (Wildman–Crippen MR) is 65.7 cm³/mol. The molecule has 1 aromatic rings. The van der Waals surface area contributed by atoms with E-state index in [1.165, 1.54) is 11.3 Å². The molecule has 0 aliphatic rings. The van der Waals surface area contributed by atoms with Gasteiger partial charge in [0.1, 0.15) is 12.4 Å². The summed E-state index contributed by atoms with van der Waals surface area (Å²) < 4.78 is 5.33. The number of hydrogen-bond acceptors (Lipinski definition) is 3. The lowest BCUT2D eigenvalue weighted by molar-refractivity contribution is 0.0698. The van der Waals surface area contributed by atoms with Crippen LogP contribution in [-0.4, -0.2) is 17.7 Å². The number of rotatable bonds is 4. The molecule has 4 heteroatoms. The lowest BCUT2D eigenvalue weighted by atomic mass is 9.95. The number of carboxylic acid groups (broad SMARTS) is 1. The first-order valence-electron chi connectivity index (χ1n) is 4.97. The minimum absolute atomic E-state index is 0.0648. The normalized spacial score (nSPS) is 11.2. The molecule has 16 heavy (non-hydrogen) atoms. The standard InChI is InChI=1S/C12H16O3S/c1-5-6-15-8-7-9(12(2,3)4)16-10(8)11(13)14/h5,7H,1,6H2,2-4H3,(H,13,14). The van der Waals surface area contributed by atoms with Gasteiger partial charge >= 0.3 is 5.97 Å². The van der Waals surface area contributed by atoms with Gasteiger partial charge in [-0.2, -0.15) is 0 Å². The highest BCUT2D eigenvalue weighted by molar-refractivity contribution is 7.14. The topological polar surface area (TPSA) is 46.5 Å². The lowest BCUT2D eigenvalue weighted by Gasteiger charge is -2.14. The molecular formula is C12H16O3S. The Balaban J connectivity index is 3.10. The summed E-state index contributed by atoms with van der Waals surface area (Å²) in [7, 11) is 0. The Morgan fingerprint density at radius 3 is 2.69 bits per heavy atom. The van der Waals surface area contributed by atoms with Crippen molar-refractivity contribution in [2.24, 2.45) is 0 Å². The van der Waals surface area contributed by atoms with Gasteiger partial charge in [-0.05, 0) is 11.5 Å². The van der Waals surface area contributed by atoms with Crippen LogP contribution >= 0.6 is 11.3 Å². The molecule has 0 saturated carbocycles. The highest BCUT2D eigenvalue weighted by atomic mass is 32.1. The number of carbonyl (C=O) groups is 1. The summed E-state index contributed by atoms with van der Waals surface area (Å²) in [5, 5.41) is 9.05. The van der Waals surface area contributed by atoms with Crippen molar-refractivity contribution in [3.05, 3.63) is 28.5 Å². The first kappa shape index (κ1) is 12.8. The van der Waals surface area contributed by atoms with Crippen LogP contribution in [0.5, 0.6) is 5.75 Å². The third-order valence-electron chi connectivity index (χ3n) is 1.99. The van der Waals surface area contributed by atoms with Gasteiger partial charge in [0.15, 0.2) is 4.88 Å². The van der Waals surface area contributed by atoms with Crippen molar-refractivity contribution < 1.29 is 14.6 Å². The van der Waals surface area contributed by atoms with E-state index in [9.17, 15) is 4.79 Å². The van der Waals surface area contributed by atoms with Gasteiger partial charge in [0.2, 0.25) is 0 Å². The summed E-state index contributed by atoms with van der Waals surface area (Å²) in [6.45, 7) is 9.99. The van der Waals surface area contributed by atoms with Gasteiger partial charge in [-0.1, -0.05) is 33.4 Å². The van der Waals surface area contributed by atoms with Crippen molar-refractivity contribution >= 4 is 17.3 Å². The van der Waals surface area contributed by atoms with Crippen molar-refractivity contribution in [2.45, 2.75) is 26.2 Å². The molecule has 88 valence electrons. The molecule has 0 aliphatic carbocycles. The average molecular weight is 240 g/mol. The van der Waals surface area contributed by atoms with E-state index < -0.39 is 5.97 Å². The molecule has 0 fully saturated rings. The molecule has 0 aliphatic heterocycles. The quantitative estimate of drug-likeness (QED) is 0.821. The van der Waals surface area contributed by atoms with Gasteiger partial charge in [-0.3, -0.25) is 0 Å². The largest absolute Gasteiger partial charge is 0.488 e. The van der Waals surface area contributed by atoms with Crippen molar-refractivity contribution in [1.29, 1.82) is 0 Å². The van der Waals surface area contributed by atoms with Crippen molar-refractivity contribution in [3.8, 4) is 5.75 Å². The monoisotopic (exact) mass is 240 g/mol. The smallest absolute Gasteiger partial charge is 0.349 e. The van der Waals surface area contributed by atoms with Crippen LogP contribution < -0.4 is 4.74 Å². The van der Waals surface area contributed by atoms with Crippen LogP contribution in [0.2, 0.25) is 0 Å². The van der Waals surface area contributed by atoms with Crippen LogP contribution in [0.4, 0.5) is 0 Å². The van der Waals surface area contributed by atoms with E-state index in [4.69, 9.17) is 9.84 Å². The van der Waals surface area contributed by atoms with E-state index >= 15 is 0 Å². The Labute approximate surface area is 99.4 Å². The Morgan fingerprint density at radius 2 is 2.25 bits per heavy atom. The summed E-state index contributed by atoms with van der Waals surface area (Å²) in [5.74, 6) is -0.512. The van der Waals surface area contributed by atoms with Gasteiger partial charge in [0.05, 0.1) is 0 Å². The number of aromatic carboxylic acids is 1. The fourth-order valence-electron chi connectivity index (χ4n) is 1.15. The molecule has 0 unspecified atom stereocenters. The second kappa shape index (κ2) is 4.70. The van der Waals surface area contributed by atoms with Gasteiger partial charge < -0.3 is 9.84 Å². The average Bonchev–Trinajstić information content (AvgIpc) is 2.57. The molecule has 0 spiro atoms. The maximum absolute atomic E-state index is 11.0. The van der Waals surface area contributed by atoms with Crippen LogP contribution in [0.25, 0.3) is 0 Å². The van der Waals surface area contributed by atoms with Crippen molar-refractivity contribution in [1.82, 2.24) is 0 Å². The second-order valence-corrected chi connectivity index (χ2v) is 5.51. The third-order valence-corrected chi connectivity index (χ3v) is 3.52. The first-order chi connectivity index (χ1) is 7.36. The molecule has 1 N–H and O–H groups in total. The highest BCUT2D eigenvalue weighted by Gasteiger charge is 2.23. The fourth-order valence-corrected chi connectivity index (χ4v) is 2.15. The fraction of sp³-hybridized carbons (Fsp3) is 0.417. The zero-order valence-corrected chi connectivity index (χ0v) is 10.6. The van der Waals surface area contributed by atoms with Gasteiger partial charge in [0.25, 0.3) is 0 Å². The van der Waals surface area contributed by atoms with Gasteiger partial charge in [-0.25, -0.2) is 4.79 Å². The number of ether oxygens (including phenoxy) is 1. The van der Waals surface area contributed by atoms with Crippen LogP contribution in [0.15, 0.2) is 18.7 Å². The van der Waals surface area contributed by atoms with E-state index in [2.05, 4.69) is 6.58 Å². The van der Waals surface area contributed by atoms with Crippen molar-refractivity contribution in [3.63, 3.8) is 0 Å². The van der Waals surface area contributed by atoms with E-state index in [1.807, 2.05) is 20.8 Å².